The summed E-state index contributed by atoms with van der Waals surface area (Å²) in [5.74, 6) is -1.25. The average Bonchev–Trinajstić information content (AvgIpc) is 2.17. The Kier molecular flexibility index (Phi) is 4.00. The lowest BCUT2D eigenvalue weighted by molar-refractivity contribution is -0.138. The zero-order valence-corrected chi connectivity index (χ0v) is 10.6. The first-order valence-electron chi connectivity index (χ1n) is 4.19. The molecule has 1 aromatic rings. The third kappa shape index (κ3) is 3.26. The Morgan fingerprint density at radius 1 is 1.56 bits per heavy atom. The lowest BCUT2D eigenvalue weighted by Crippen LogP contribution is -2.38. The smallest absolute Gasteiger partial charge is 0.321 e. The third-order valence-corrected chi connectivity index (χ3v) is 3.60. The van der Waals surface area contributed by atoms with Crippen LogP contribution in [0.5, 0.6) is 0 Å². The van der Waals surface area contributed by atoms with E-state index in [1.807, 2.05) is 4.72 Å². The number of hydrogen-bond donors (Lipinski definition) is 2. The van der Waals surface area contributed by atoms with Crippen LogP contribution < -0.4 is 4.72 Å². The summed E-state index contributed by atoms with van der Waals surface area (Å²) in [6.07, 6.45) is 1.32. The van der Waals surface area contributed by atoms with Crippen LogP contribution in [0.3, 0.4) is 0 Å². The van der Waals surface area contributed by atoms with Crippen molar-refractivity contribution in [2.24, 2.45) is 0 Å². The first-order valence-corrected chi connectivity index (χ1v) is 6.47. The zero-order valence-electron chi connectivity index (χ0n) is 8.21. The van der Waals surface area contributed by atoms with Crippen molar-refractivity contribution in [2.75, 3.05) is 0 Å². The molecule has 0 fully saturated rings. The number of pyridine rings is 1. The normalized spacial score (nSPS) is 13.4. The molecule has 88 valence electrons. The second-order valence-corrected chi connectivity index (χ2v) is 5.57. The summed E-state index contributed by atoms with van der Waals surface area (Å²) in [4.78, 5) is 14.2. The van der Waals surface area contributed by atoms with E-state index in [1.54, 1.807) is 0 Å². The van der Waals surface area contributed by atoms with Crippen molar-refractivity contribution in [3.05, 3.63) is 22.8 Å². The van der Waals surface area contributed by atoms with E-state index in [-0.39, 0.29) is 5.03 Å². The molecule has 16 heavy (non-hydrogen) atoms. The van der Waals surface area contributed by atoms with E-state index < -0.39 is 22.0 Å². The van der Waals surface area contributed by atoms with Gasteiger partial charge in [0.15, 0.2) is 5.03 Å². The number of aromatic nitrogens is 1. The molecule has 0 aliphatic heterocycles. The molecule has 1 rings (SSSR count). The largest absolute Gasteiger partial charge is 0.480 e. The number of carboxylic acids is 1. The van der Waals surface area contributed by atoms with Gasteiger partial charge in [-0.05, 0) is 35.0 Å². The van der Waals surface area contributed by atoms with E-state index in [0.717, 1.165) is 0 Å². The number of carboxylic acid groups (broad SMARTS) is 1. The summed E-state index contributed by atoms with van der Waals surface area (Å²) < 4.78 is 25.8. The predicted molar refractivity (Wildman–Crippen MR) is 59.4 cm³/mol. The molecule has 0 saturated heterocycles. The summed E-state index contributed by atoms with van der Waals surface area (Å²) >= 11 is 3.11. The molecular formula is C8H9BrN2O4S. The Morgan fingerprint density at radius 3 is 2.62 bits per heavy atom. The van der Waals surface area contributed by atoms with Gasteiger partial charge in [0.1, 0.15) is 6.04 Å². The summed E-state index contributed by atoms with van der Waals surface area (Å²) in [6.45, 7) is 1.23. The van der Waals surface area contributed by atoms with E-state index in [2.05, 4.69) is 20.9 Å². The molecule has 6 nitrogen and oxygen atoms in total. The van der Waals surface area contributed by atoms with Gasteiger partial charge in [0.05, 0.1) is 0 Å². The quantitative estimate of drug-likeness (QED) is 0.849. The molecule has 1 heterocycles. The zero-order chi connectivity index (χ0) is 12.3. The van der Waals surface area contributed by atoms with Crippen LogP contribution in [0.4, 0.5) is 0 Å². The fraction of sp³-hybridized carbons (Fsp3) is 0.250. The molecule has 2 N–H and O–H groups in total. The van der Waals surface area contributed by atoms with Gasteiger partial charge in [0.25, 0.3) is 10.0 Å². The van der Waals surface area contributed by atoms with Gasteiger partial charge >= 0.3 is 5.97 Å². The van der Waals surface area contributed by atoms with Gasteiger partial charge in [0.2, 0.25) is 0 Å². The van der Waals surface area contributed by atoms with Crippen molar-refractivity contribution in [3.8, 4) is 0 Å². The lowest BCUT2D eigenvalue weighted by atomic mass is 10.4. The average molecular weight is 309 g/mol. The maximum atomic E-state index is 11.6. The van der Waals surface area contributed by atoms with Crippen molar-refractivity contribution in [1.29, 1.82) is 0 Å². The molecule has 0 aliphatic carbocycles. The van der Waals surface area contributed by atoms with Gasteiger partial charge in [-0.2, -0.15) is 4.72 Å². The van der Waals surface area contributed by atoms with Crippen molar-refractivity contribution in [3.63, 3.8) is 0 Å². The maximum absolute atomic E-state index is 11.6. The number of rotatable bonds is 4. The number of aliphatic carboxylic acids is 1. The number of sulfonamides is 1. The molecule has 0 aromatic carbocycles. The van der Waals surface area contributed by atoms with Crippen LogP contribution in [0.25, 0.3) is 0 Å². The SMILES string of the molecule is C[C@@H](NS(=O)(=O)c1ccc(Br)cn1)C(=O)O. The van der Waals surface area contributed by atoms with Gasteiger partial charge in [-0.15, -0.1) is 0 Å². The lowest BCUT2D eigenvalue weighted by Gasteiger charge is -2.09. The highest BCUT2D eigenvalue weighted by molar-refractivity contribution is 9.10. The van der Waals surface area contributed by atoms with Crippen LogP contribution in [-0.4, -0.2) is 30.5 Å². The van der Waals surface area contributed by atoms with Crippen LogP contribution in [-0.2, 0) is 14.8 Å². The molecule has 0 radical (unpaired) electrons. The summed E-state index contributed by atoms with van der Waals surface area (Å²) in [7, 11) is -3.88. The minimum Gasteiger partial charge on any atom is -0.480 e. The molecule has 0 aliphatic rings. The summed E-state index contributed by atoms with van der Waals surface area (Å²) in [6, 6.07) is 1.59. The molecule has 0 saturated carbocycles. The minimum absolute atomic E-state index is 0.219. The maximum Gasteiger partial charge on any atom is 0.321 e. The third-order valence-electron chi connectivity index (χ3n) is 1.68. The van der Waals surface area contributed by atoms with Gasteiger partial charge < -0.3 is 5.11 Å². The van der Waals surface area contributed by atoms with Crippen molar-refractivity contribution < 1.29 is 18.3 Å². The Hall–Kier alpha value is -0.990. The topological polar surface area (TPSA) is 96.4 Å². The highest BCUT2D eigenvalue weighted by atomic mass is 79.9. The molecule has 1 aromatic heterocycles. The van der Waals surface area contributed by atoms with Crippen molar-refractivity contribution >= 4 is 31.9 Å². The molecular weight excluding hydrogens is 300 g/mol. The fourth-order valence-corrected chi connectivity index (χ4v) is 2.22. The molecule has 0 spiro atoms. The van der Waals surface area contributed by atoms with E-state index in [9.17, 15) is 13.2 Å². The molecule has 0 amide bonds. The Morgan fingerprint density at radius 2 is 2.19 bits per heavy atom. The van der Waals surface area contributed by atoms with Crippen LogP contribution in [0, 0.1) is 0 Å². The monoisotopic (exact) mass is 308 g/mol. The number of halogens is 1. The second kappa shape index (κ2) is 4.89. The number of nitrogens with zero attached hydrogens (tertiary/aromatic N) is 1. The van der Waals surface area contributed by atoms with Gasteiger partial charge in [0, 0.05) is 10.7 Å². The van der Waals surface area contributed by atoms with Gasteiger partial charge in [-0.1, -0.05) is 0 Å². The van der Waals surface area contributed by atoms with E-state index in [1.165, 1.54) is 25.3 Å². The Bertz CT molecular complexity index is 485. The van der Waals surface area contributed by atoms with Crippen LogP contribution in [0.1, 0.15) is 6.92 Å². The minimum atomic E-state index is -3.88. The fourth-order valence-electron chi connectivity index (χ4n) is 0.865. The number of hydrogen-bond acceptors (Lipinski definition) is 4. The van der Waals surface area contributed by atoms with E-state index >= 15 is 0 Å². The van der Waals surface area contributed by atoms with Crippen LogP contribution in [0.2, 0.25) is 0 Å². The summed E-state index contributed by atoms with van der Waals surface area (Å²) in [5.41, 5.74) is 0. The number of carbonyl (C=O) groups is 1. The molecule has 0 bridgehead atoms. The predicted octanol–water partition coefficient (Wildman–Crippen LogP) is 0.596. The first-order chi connectivity index (χ1) is 7.33. The second-order valence-electron chi connectivity index (χ2n) is 3.00. The Labute approximate surface area is 101 Å². The standard InChI is InChI=1S/C8H9BrN2O4S/c1-5(8(12)13)11-16(14,15)7-3-2-6(9)4-10-7/h2-5,11H,1H3,(H,12,13)/t5-/m1/s1. The van der Waals surface area contributed by atoms with Crippen LogP contribution >= 0.6 is 15.9 Å². The molecule has 8 heteroatoms. The van der Waals surface area contributed by atoms with Gasteiger partial charge in [-0.3, -0.25) is 4.79 Å². The van der Waals surface area contributed by atoms with Crippen LogP contribution in [0.15, 0.2) is 27.8 Å². The highest BCUT2D eigenvalue weighted by Crippen LogP contribution is 2.11. The first kappa shape index (κ1) is 13.1. The van der Waals surface area contributed by atoms with Gasteiger partial charge in [-0.25, -0.2) is 13.4 Å². The van der Waals surface area contributed by atoms with E-state index in [0.29, 0.717) is 4.47 Å². The van der Waals surface area contributed by atoms with Crippen molar-refractivity contribution in [1.82, 2.24) is 9.71 Å². The molecule has 1 atom stereocenters. The summed E-state index contributed by atoms with van der Waals surface area (Å²) in [5, 5.41) is 8.36. The number of nitrogens with one attached hydrogen (secondary N) is 1. The Balaban J connectivity index is 2.94. The highest BCUT2D eigenvalue weighted by Gasteiger charge is 2.22. The molecule has 0 unspecified atom stereocenters. The van der Waals surface area contributed by atoms with Crippen molar-refractivity contribution in [2.45, 2.75) is 18.0 Å². The van der Waals surface area contributed by atoms with E-state index in [4.69, 9.17) is 5.11 Å².